The maximum Gasteiger partial charge on any atom is 0.319 e. The first-order chi connectivity index (χ1) is 12.3. The third-order valence-corrected chi connectivity index (χ3v) is 4.61. The summed E-state index contributed by atoms with van der Waals surface area (Å²) in [5, 5.41) is 9.35. The lowest BCUT2D eigenvalue weighted by molar-refractivity contribution is -0.113. The van der Waals surface area contributed by atoms with Crippen molar-refractivity contribution < 1.29 is 9.59 Å². The molecule has 134 valence electrons. The summed E-state index contributed by atoms with van der Waals surface area (Å²) in [6, 6.07) is 11.3. The van der Waals surface area contributed by atoms with Gasteiger partial charge in [-0.15, -0.1) is 0 Å². The number of carbonyl (C=O) groups is 2. The van der Waals surface area contributed by atoms with E-state index in [0.29, 0.717) is 27.0 Å². The molecular formula is C19H17Cl2N3O2. The van der Waals surface area contributed by atoms with Crippen molar-refractivity contribution in [2.24, 2.45) is 0 Å². The SMILES string of the molecule is CC1=C(C(=O)Nc2cc(Cl)ccc2C)[C@@H](c2cccc(Cl)c2)NC(=O)N1. The average molecular weight is 390 g/mol. The van der Waals surface area contributed by atoms with E-state index in [4.69, 9.17) is 23.2 Å². The summed E-state index contributed by atoms with van der Waals surface area (Å²) in [5.74, 6) is -0.328. The van der Waals surface area contributed by atoms with Crippen molar-refractivity contribution in [3.8, 4) is 0 Å². The summed E-state index contributed by atoms with van der Waals surface area (Å²) in [5.41, 5.74) is 3.11. The normalized spacial score (nSPS) is 16.8. The first kappa shape index (κ1) is 18.3. The second-order valence-corrected chi connectivity index (χ2v) is 6.91. The summed E-state index contributed by atoms with van der Waals surface area (Å²) in [4.78, 5) is 24.9. The maximum atomic E-state index is 13.0. The molecule has 0 aliphatic carbocycles. The van der Waals surface area contributed by atoms with Crippen LogP contribution in [-0.2, 0) is 4.79 Å². The highest BCUT2D eigenvalue weighted by Crippen LogP contribution is 2.30. The molecule has 3 amide bonds. The lowest BCUT2D eigenvalue weighted by Gasteiger charge is -2.29. The molecule has 2 aromatic rings. The zero-order valence-corrected chi connectivity index (χ0v) is 15.7. The predicted molar refractivity (Wildman–Crippen MR) is 103 cm³/mol. The number of halogens is 2. The molecule has 0 spiro atoms. The van der Waals surface area contributed by atoms with Gasteiger partial charge in [0.2, 0.25) is 0 Å². The Balaban J connectivity index is 1.98. The molecule has 0 saturated heterocycles. The highest BCUT2D eigenvalue weighted by Gasteiger charge is 2.31. The van der Waals surface area contributed by atoms with Crippen LogP contribution < -0.4 is 16.0 Å². The lowest BCUT2D eigenvalue weighted by atomic mass is 9.94. The Kier molecular flexibility index (Phi) is 5.20. The van der Waals surface area contributed by atoms with Crippen LogP contribution in [0.5, 0.6) is 0 Å². The minimum Gasteiger partial charge on any atom is -0.327 e. The van der Waals surface area contributed by atoms with E-state index in [2.05, 4.69) is 16.0 Å². The molecule has 1 heterocycles. The molecule has 3 rings (SSSR count). The third-order valence-electron chi connectivity index (χ3n) is 4.14. The van der Waals surface area contributed by atoms with Crippen LogP contribution in [0.2, 0.25) is 10.0 Å². The minimum absolute atomic E-state index is 0.328. The molecule has 0 radical (unpaired) electrons. The number of benzene rings is 2. The van der Waals surface area contributed by atoms with Crippen molar-refractivity contribution in [1.29, 1.82) is 0 Å². The second kappa shape index (κ2) is 7.40. The lowest BCUT2D eigenvalue weighted by Crippen LogP contribution is -2.46. The van der Waals surface area contributed by atoms with E-state index in [0.717, 1.165) is 11.1 Å². The number of urea groups is 1. The van der Waals surface area contributed by atoms with Crippen LogP contribution in [0.4, 0.5) is 10.5 Å². The van der Waals surface area contributed by atoms with E-state index in [-0.39, 0.29) is 11.9 Å². The number of aryl methyl sites for hydroxylation is 1. The fraction of sp³-hybridized carbons (Fsp3) is 0.158. The molecule has 3 N–H and O–H groups in total. The molecule has 1 aliphatic rings. The molecule has 0 bridgehead atoms. The van der Waals surface area contributed by atoms with E-state index in [1.54, 1.807) is 37.3 Å². The van der Waals surface area contributed by atoms with Crippen LogP contribution in [-0.4, -0.2) is 11.9 Å². The molecule has 0 saturated carbocycles. The molecule has 1 aliphatic heterocycles. The average Bonchev–Trinajstić information content (AvgIpc) is 2.57. The molecule has 1 atom stereocenters. The molecule has 0 unspecified atom stereocenters. The van der Waals surface area contributed by atoms with E-state index in [1.807, 2.05) is 19.1 Å². The van der Waals surface area contributed by atoms with Gasteiger partial charge in [0.15, 0.2) is 0 Å². The molecule has 0 fully saturated rings. The smallest absolute Gasteiger partial charge is 0.319 e. The highest BCUT2D eigenvalue weighted by molar-refractivity contribution is 6.31. The molecule has 7 heteroatoms. The number of amides is 3. The quantitative estimate of drug-likeness (QED) is 0.719. The Labute approximate surface area is 161 Å². The maximum absolute atomic E-state index is 13.0. The van der Waals surface area contributed by atoms with E-state index < -0.39 is 6.04 Å². The Morgan fingerprint density at radius 2 is 1.81 bits per heavy atom. The van der Waals surface area contributed by atoms with Crippen molar-refractivity contribution in [1.82, 2.24) is 10.6 Å². The first-order valence-corrected chi connectivity index (χ1v) is 8.72. The van der Waals surface area contributed by atoms with Gasteiger partial charge in [0.25, 0.3) is 5.91 Å². The van der Waals surface area contributed by atoms with Gasteiger partial charge in [0.1, 0.15) is 0 Å². The Bertz CT molecular complexity index is 925. The van der Waals surface area contributed by atoms with Crippen molar-refractivity contribution in [2.45, 2.75) is 19.9 Å². The van der Waals surface area contributed by atoms with Gasteiger partial charge in [-0.05, 0) is 49.2 Å². The molecule has 0 aromatic heterocycles. The fourth-order valence-corrected chi connectivity index (χ4v) is 3.22. The van der Waals surface area contributed by atoms with E-state index in [9.17, 15) is 9.59 Å². The Hall–Kier alpha value is -2.50. The van der Waals surface area contributed by atoms with Crippen LogP contribution in [0.1, 0.15) is 24.1 Å². The number of allylic oxidation sites excluding steroid dienone is 1. The van der Waals surface area contributed by atoms with Gasteiger partial charge in [0, 0.05) is 21.4 Å². The van der Waals surface area contributed by atoms with Crippen LogP contribution in [0, 0.1) is 6.92 Å². The Morgan fingerprint density at radius 1 is 1.08 bits per heavy atom. The second-order valence-electron chi connectivity index (χ2n) is 6.04. The van der Waals surface area contributed by atoms with Gasteiger partial charge in [-0.3, -0.25) is 4.79 Å². The van der Waals surface area contributed by atoms with Crippen molar-refractivity contribution >= 4 is 40.8 Å². The van der Waals surface area contributed by atoms with Gasteiger partial charge in [-0.1, -0.05) is 41.4 Å². The largest absolute Gasteiger partial charge is 0.327 e. The molecule has 26 heavy (non-hydrogen) atoms. The van der Waals surface area contributed by atoms with Crippen LogP contribution in [0.15, 0.2) is 53.7 Å². The number of hydrogen-bond acceptors (Lipinski definition) is 2. The van der Waals surface area contributed by atoms with Crippen molar-refractivity contribution in [3.63, 3.8) is 0 Å². The number of hydrogen-bond donors (Lipinski definition) is 3. The number of anilines is 1. The zero-order valence-electron chi connectivity index (χ0n) is 14.2. The van der Waals surface area contributed by atoms with Crippen LogP contribution >= 0.6 is 23.2 Å². The zero-order chi connectivity index (χ0) is 18.8. The summed E-state index contributed by atoms with van der Waals surface area (Å²) >= 11 is 12.1. The van der Waals surface area contributed by atoms with Gasteiger partial charge in [-0.2, -0.15) is 0 Å². The number of rotatable bonds is 3. The monoisotopic (exact) mass is 389 g/mol. The van der Waals surface area contributed by atoms with Crippen molar-refractivity contribution in [3.05, 3.63) is 74.9 Å². The van der Waals surface area contributed by atoms with Gasteiger partial charge < -0.3 is 16.0 Å². The van der Waals surface area contributed by atoms with Crippen LogP contribution in [0.25, 0.3) is 0 Å². The van der Waals surface area contributed by atoms with Gasteiger partial charge >= 0.3 is 6.03 Å². The topological polar surface area (TPSA) is 70.2 Å². The van der Waals surface area contributed by atoms with Crippen LogP contribution in [0.3, 0.4) is 0 Å². The van der Waals surface area contributed by atoms with Gasteiger partial charge in [-0.25, -0.2) is 4.79 Å². The van der Waals surface area contributed by atoms with E-state index in [1.165, 1.54) is 0 Å². The number of carbonyl (C=O) groups excluding carboxylic acids is 2. The third kappa shape index (κ3) is 3.84. The summed E-state index contributed by atoms with van der Waals surface area (Å²) in [6.07, 6.45) is 0. The van der Waals surface area contributed by atoms with Gasteiger partial charge in [0.05, 0.1) is 11.6 Å². The molecule has 2 aromatic carbocycles. The fourth-order valence-electron chi connectivity index (χ4n) is 2.85. The first-order valence-electron chi connectivity index (χ1n) is 7.96. The predicted octanol–water partition coefficient (Wildman–Crippen LogP) is 4.57. The molecular weight excluding hydrogens is 373 g/mol. The Morgan fingerprint density at radius 3 is 2.54 bits per heavy atom. The van der Waals surface area contributed by atoms with E-state index >= 15 is 0 Å². The highest BCUT2D eigenvalue weighted by atomic mass is 35.5. The summed E-state index contributed by atoms with van der Waals surface area (Å²) < 4.78 is 0. The summed E-state index contributed by atoms with van der Waals surface area (Å²) in [6.45, 7) is 3.57. The van der Waals surface area contributed by atoms with Crippen molar-refractivity contribution in [2.75, 3.05) is 5.32 Å². The summed E-state index contributed by atoms with van der Waals surface area (Å²) in [7, 11) is 0. The minimum atomic E-state index is -0.609. The number of nitrogens with one attached hydrogen (secondary N) is 3. The molecule has 5 nitrogen and oxygen atoms in total. The standard InChI is InChI=1S/C19H17Cl2N3O2/c1-10-6-7-14(21)9-15(10)23-18(25)16-11(2)22-19(26)24-17(16)12-4-3-5-13(20)8-12/h3-9,17H,1-2H3,(H,23,25)(H2,22,24,26)/t17-/m1/s1.